The molecule has 0 amide bonds. The first-order valence-corrected chi connectivity index (χ1v) is 26.9. The summed E-state index contributed by atoms with van der Waals surface area (Å²) in [6, 6.07) is 30.3. The third-order valence-corrected chi connectivity index (χ3v) is 14.5. The van der Waals surface area contributed by atoms with Crippen LogP contribution in [0, 0.1) is 0 Å². The molecule has 0 unspecified atom stereocenters. The third kappa shape index (κ3) is 14.5. The molecule has 2 aliphatic carbocycles. The van der Waals surface area contributed by atoms with Crippen molar-refractivity contribution >= 4 is 22.7 Å². The highest BCUT2D eigenvalue weighted by Gasteiger charge is 2.33. The minimum atomic E-state index is 0.247. The molecule has 2 nitrogen and oxygen atoms in total. The van der Waals surface area contributed by atoms with Gasteiger partial charge in [0, 0.05) is 24.0 Å². The average Bonchev–Trinajstić information content (AvgIpc) is 3.82. The highest BCUT2D eigenvalue weighted by molar-refractivity contribution is 6.19. The van der Waals surface area contributed by atoms with Crippen LogP contribution in [0.2, 0.25) is 0 Å². The van der Waals surface area contributed by atoms with Crippen LogP contribution >= 0.6 is 0 Å². The molecule has 4 aromatic carbocycles. The van der Waals surface area contributed by atoms with Crippen LogP contribution in [0.3, 0.4) is 0 Å². The zero-order valence-corrected chi connectivity index (χ0v) is 40.5. The molecule has 0 heterocycles. The van der Waals surface area contributed by atoms with Gasteiger partial charge in [-0.2, -0.15) is 0 Å². The molecule has 0 spiro atoms. The molecule has 2 heteroatoms. The first-order chi connectivity index (χ1) is 31.6. The van der Waals surface area contributed by atoms with Crippen molar-refractivity contribution in [3.63, 3.8) is 0 Å². The molecule has 0 bridgehead atoms. The Hall–Kier alpha value is -4.04. The topological polar surface area (TPSA) is 34.1 Å². The van der Waals surface area contributed by atoms with Crippen molar-refractivity contribution in [2.24, 2.45) is 0 Å². The predicted octanol–water partition coefficient (Wildman–Crippen LogP) is 19.5. The molecule has 4 aromatic rings. The molecule has 0 atom stereocenters. The van der Waals surface area contributed by atoms with Gasteiger partial charge >= 0.3 is 0 Å². The first-order valence-electron chi connectivity index (χ1n) is 26.9. The number of benzene rings is 4. The van der Waals surface area contributed by atoms with E-state index in [-0.39, 0.29) is 11.6 Å². The van der Waals surface area contributed by atoms with Gasteiger partial charge < -0.3 is 0 Å². The molecular formula is C62H84O2. The molecular weight excluding hydrogens is 777 g/mol. The van der Waals surface area contributed by atoms with Crippen molar-refractivity contribution in [1.29, 1.82) is 0 Å². The van der Waals surface area contributed by atoms with E-state index in [1.54, 1.807) is 0 Å². The third-order valence-electron chi connectivity index (χ3n) is 14.5. The Balaban J connectivity index is 1.02. The van der Waals surface area contributed by atoms with E-state index >= 15 is 0 Å². The fraction of sp³-hybridized carbons (Fsp3) is 0.548. The lowest BCUT2D eigenvalue weighted by atomic mass is 9.89. The fourth-order valence-corrected chi connectivity index (χ4v) is 10.6. The second kappa shape index (κ2) is 28.1. The Labute approximate surface area is 390 Å². The summed E-state index contributed by atoms with van der Waals surface area (Å²) in [4.78, 5) is 27.6. The Morgan fingerprint density at radius 2 is 0.531 bits per heavy atom. The van der Waals surface area contributed by atoms with Gasteiger partial charge in [-0.1, -0.05) is 266 Å². The maximum Gasteiger partial charge on any atom is 0.162 e. The molecule has 6 rings (SSSR count). The molecule has 64 heavy (non-hydrogen) atoms. The highest BCUT2D eigenvalue weighted by atomic mass is 16.1. The van der Waals surface area contributed by atoms with Crippen molar-refractivity contribution in [3.05, 3.63) is 118 Å². The van der Waals surface area contributed by atoms with Crippen LogP contribution < -0.4 is 0 Å². The summed E-state index contributed by atoms with van der Waals surface area (Å²) < 4.78 is 0. The van der Waals surface area contributed by atoms with E-state index < -0.39 is 0 Å². The van der Waals surface area contributed by atoms with Gasteiger partial charge in [0.2, 0.25) is 0 Å². The summed E-state index contributed by atoms with van der Waals surface area (Å²) in [5.74, 6) is 0.494. The lowest BCUT2D eigenvalue weighted by Crippen LogP contribution is -2.01. The summed E-state index contributed by atoms with van der Waals surface area (Å²) in [6.07, 6.45) is 40.9. The van der Waals surface area contributed by atoms with Gasteiger partial charge in [-0.05, 0) is 80.6 Å². The Morgan fingerprint density at radius 1 is 0.281 bits per heavy atom. The summed E-state index contributed by atoms with van der Waals surface area (Å²) in [5.41, 5.74) is 13.5. The summed E-state index contributed by atoms with van der Waals surface area (Å²) >= 11 is 0. The number of hydrogen-bond acceptors (Lipinski definition) is 2. The number of unbranched alkanes of at least 4 members (excludes halogenated alkanes) is 28. The fourth-order valence-electron chi connectivity index (χ4n) is 10.6. The quantitative estimate of drug-likeness (QED) is 0.0299. The van der Waals surface area contributed by atoms with Gasteiger partial charge in [-0.25, -0.2) is 0 Å². The van der Waals surface area contributed by atoms with Crippen molar-refractivity contribution in [1.82, 2.24) is 0 Å². The van der Waals surface area contributed by atoms with Crippen LogP contribution in [0.4, 0.5) is 0 Å². The van der Waals surface area contributed by atoms with Crippen LogP contribution in [0.25, 0.3) is 33.4 Å². The second-order valence-electron chi connectivity index (χ2n) is 19.6. The van der Waals surface area contributed by atoms with E-state index in [1.807, 2.05) is 0 Å². The van der Waals surface area contributed by atoms with Crippen LogP contribution in [0.5, 0.6) is 0 Å². The van der Waals surface area contributed by atoms with Gasteiger partial charge in [-0.15, -0.1) is 0 Å². The summed E-state index contributed by atoms with van der Waals surface area (Å²) in [6.45, 7) is 4.58. The number of carbonyl (C=O) groups excluding carboxylic acids is 2. The maximum absolute atomic E-state index is 13.8. The van der Waals surface area contributed by atoms with Crippen molar-refractivity contribution < 1.29 is 9.59 Å². The molecule has 0 N–H and O–H groups in total. The van der Waals surface area contributed by atoms with Crippen LogP contribution in [0.15, 0.2) is 84.9 Å². The van der Waals surface area contributed by atoms with Crippen molar-refractivity contribution in [2.45, 2.75) is 219 Å². The van der Waals surface area contributed by atoms with Gasteiger partial charge in [-0.3, -0.25) is 9.59 Å². The summed E-state index contributed by atoms with van der Waals surface area (Å²) in [5, 5.41) is 0. The Kier molecular flexibility index (Phi) is 21.7. The predicted molar refractivity (Wildman–Crippen MR) is 277 cm³/mol. The van der Waals surface area contributed by atoms with Gasteiger partial charge in [0.05, 0.1) is 0 Å². The smallest absolute Gasteiger partial charge is 0.162 e. The largest absolute Gasteiger partial charge is 0.294 e. The van der Waals surface area contributed by atoms with Crippen molar-refractivity contribution in [3.8, 4) is 22.3 Å². The zero-order chi connectivity index (χ0) is 44.6. The van der Waals surface area contributed by atoms with E-state index in [4.69, 9.17) is 0 Å². The number of ketones is 2. The normalized spacial score (nSPS) is 13.5. The molecule has 0 radical (unpaired) electrons. The van der Waals surface area contributed by atoms with Gasteiger partial charge in [0.15, 0.2) is 11.6 Å². The van der Waals surface area contributed by atoms with Crippen molar-refractivity contribution in [2.75, 3.05) is 0 Å². The Morgan fingerprint density at radius 3 is 0.828 bits per heavy atom. The van der Waals surface area contributed by atoms with E-state index in [9.17, 15) is 9.59 Å². The van der Waals surface area contributed by atoms with Gasteiger partial charge in [0.25, 0.3) is 0 Å². The highest BCUT2D eigenvalue weighted by Crippen LogP contribution is 2.54. The molecule has 344 valence electrons. The van der Waals surface area contributed by atoms with E-state index in [0.717, 1.165) is 47.9 Å². The van der Waals surface area contributed by atoms with Gasteiger partial charge in [0.1, 0.15) is 0 Å². The van der Waals surface area contributed by atoms with Crippen LogP contribution in [0.1, 0.15) is 262 Å². The Bertz CT molecular complexity index is 1920. The lowest BCUT2D eigenvalue weighted by molar-refractivity contribution is 0.0971. The zero-order valence-electron chi connectivity index (χ0n) is 40.5. The van der Waals surface area contributed by atoms with E-state index in [1.165, 1.54) is 211 Å². The SMILES string of the molecule is CCCCCCCCCCCCCCCCCC(=O)c1ccc2c(c1)/C(=C1/c3ccccc3-c3ccc(C(=O)CCCCCCCCCCCCCCCCC)cc31)c1ccccc1-2. The van der Waals surface area contributed by atoms with E-state index in [0.29, 0.717) is 12.8 Å². The lowest BCUT2D eigenvalue weighted by Gasteiger charge is -2.13. The minimum Gasteiger partial charge on any atom is -0.294 e. The minimum absolute atomic E-state index is 0.247. The monoisotopic (exact) mass is 861 g/mol. The number of fused-ring (bicyclic) bond motifs is 6. The molecule has 2 aliphatic rings. The number of Topliss-reactive ketones (excluding diaryl/α,β-unsaturated/α-hetero) is 2. The number of rotatable bonds is 34. The average molecular weight is 861 g/mol. The summed E-state index contributed by atoms with van der Waals surface area (Å²) in [7, 11) is 0. The first kappa shape index (κ1) is 49.4. The molecule has 0 saturated heterocycles. The molecule has 0 aromatic heterocycles. The molecule has 0 fully saturated rings. The number of carbonyl (C=O) groups is 2. The standard InChI is InChI=1S/C62H84O2/c1-3-5-7-9-11-13-15-17-19-21-23-25-27-29-31-41-59(63)49-43-45-53-51-37-33-35-39-55(51)61(57(53)47-49)62-56-40-36-34-38-52(56)54-46-44-50(48-58(54)62)60(64)42-32-30-28-26-24-22-20-18-16-14-12-10-8-6-4-2/h33-40,43-48H,3-32,41-42H2,1-2H3/b62-61-. The van der Waals surface area contributed by atoms with Crippen LogP contribution in [-0.4, -0.2) is 11.6 Å². The maximum atomic E-state index is 13.8. The second-order valence-corrected chi connectivity index (χ2v) is 19.6. The molecule has 0 aliphatic heterocycles. The van der Waals surface area contributed by atoms with Crippen LogP contribution in [-0.2, 0) is 0 Å². The number of hydrogen-bond donors (Lipinski definition) is 0. The van der Waals surface area contributed by atoms with E-state index in [2.05, 4.69) is 98.8 Å². The molecule has 0 saturated carbocycles.